The van der Waals surface area contributed by atoms with Gasteiger partial charge < -0.3 is 14.7 Å². The average molecular weight is 536 g/mol. The first kappa shape index (κ1) is 26.0. The Hall–Kier alpha value is -1.03. The molecule has 1 aromatic carbocycles. The van der Waals surface area contributed by atoms with Crippen LogP contribution in [-0.4, -0.2) is 97.2 Å². The van der Waals surface area contributed by atoms with E-state index in [2.05, 4.69) is 14.1 Å². The fraction of sp³-hybridized carbons (Fsp3) is 0.682. The van der Waals surface area contributed by atoms with Crippen LogP contribution in [0.1, 0.15) is 25.7 Å². The largest absolute Gasteiger partial charge is 0.448 e. The first-order chi connectivity index (χ1) is 16.1. The molecule has 1 saturated carbocycles. The number of amides is 1. The van der Waals surface area contributed by atoms with E-state index in [1.54, 1.807) is 4.90 Å². The first-order valence-electron chi connectivity index (χ1n) is 11.7. The van der Waals surface area contributed by atoms with Crippen molar-refractivity contribution in [2.75, 3.05) is 45.9 Å². The Bertz CT molecular complexity index is 975. The molecular formula is C22H32ClFN3O5PS. The van der Waals surface area contributed by atoms with Crippen LogP contribution in [0.25, 0.3) is 0 Å². The van der Waals surface area contributed by atoms with Crippen LogP contribution in [0, 0.1) is 5.92 Å². The van der Waals surface area contributed by atoms with Gasteiger partial charge >= 0.3 is 6.09 Å². The lowest BCUT2D eigenvalue weighted by molar-refractivity contribution is 0.0432. The van der Waals surface area contributed by atoms with Crippen LogP contribution >= 0.6 is 20.8 Å². The lowest BCUT2D eigenvalue weighted by Crippen LogP contribution is -2.54. The SMILES string of the molecule is O=C(OCC1CCCC(C2CC2(F)P)N1S(=O)(=O)c1ccc(Cl)cc1)N1CCN(CCO)CC1. The summed E-state index contributed by atoms with van der Waals surface area (Å²) in [5.74, 6) is -0.405. The van der Waals surface area contributed by atoms with Crippen molar-refractivity contribution in [1.82, 2.24) is 14.1 Å². The third kappa shape index (κ3) is 5.68. The minimum Gasteiger partial charge on any atom is -0.448 e. The van der Waals surface area contributed by atoms with Crippen molar-refractivity contribution in [3.05, 3.63) is 29.3 Å². The third-order valence-corrected chi connectivity index (χ3v) is 9.92. The lowest BCUT2D eigenvalue weighted by Gasteiger charge is -2.41. The highest BCUT2D eigenvalue weighted by atomic mass is 35.5. The number of hydrogen-bond acceptors (Lipinski definition) is 6. The number of rotatable bonds is 7. The van der Waals surface area contributed by atoms with Crippen molar-refractivity contribution in [3.63, 3.8) is 0 Å². The molecule has 8 nitrogen and oxygen atoms in total. The number of hydrogen-bond donors (Lipinski definition) is 1. The summed E-state index contributed by atoms with van der Waals surface area (Å²) in [4.78, 5) is 16.4. The van der Waals surface area contributed by atoms with Crippen molar-refractivity contribution < 1.29 is 27.4 Å². The Balaban J connectivity index is 1.48. The van der Waals surface area contributed by atoms with Gasteiger partial charge in [-0.25, -0.2) is 17.6 Å². The van der Waals surface area contributed by atoms with Gasteiger partial charge in [-0.3, -0.25) is 4.90 Å². The number of ether oxygens (including phenoxy) is 1. The number of sulfonamides is 1. The molecule has 1 amide bonds. The van der Waals surface area contributed by atoms with Crippen LogP contribution in [0.3, 0.4) is 0 Å². The zero-order valence-corrected chi connectivity index (χ0v) is 21.7. The van der Waals surface area contributed by atoms with Crippen LogP contribution in [0.4, 0.5) is 9.18 Å². The van der Waals surface area contributed by atoms with E-state index in [9.17, 15) is 17.6 Å². The van der Waals surface area contributed by atoms with Crippen LogP contribution in [0.15, 0.2) is 29.2 Å². The molecule has 0 spiro atoms. The van der Waals surface area contributed by atoms with Gasteiger partial charge in [0.1, 0.15) is 12.0 Å². The number of alkyl halides is 1. The summed E-state index contributed by atoms with van der Waals surface area (Å²) in [6.45, 7) is 2.82. The fourth-order valence-electron chi connectivity index (χ4n) is 5.01. The van der Waals surface area contributed by atoms with E-state index in [0.717, 1.165) is 6.42 Å². The number of carbonyl (C=O) groups is 1. The van der Waals surface area contributed by atoms with Crippen molar-refractivity contribution in [2.24, 2.45) is 5.92 Å². The van der Waals surface area contributed by atoms with Crippen molar-refractivity contribution >= 4 is 37.0 Å². The Kier molecular flexibility index (Phi) is 8.06. The lowest BCUT2D eigenvalue weighted by atomic mass is 9.95. The van der Waals surface area contributed by atoms with Gasteiger partial charge in [-0.05, 0) is 43.5 Å². The topological polar surface area (TPSA) is 90.4 Å². The van der Waals surface area contributed by atoms with Crippen LogP contribution in [-0.2, 0) is 14.8 Å². The number of piperidine rings is 1. The smallest absolute Gasteiger partial charge is 0.409 e. The van der Waals surface area contributed by atoms with Gasteiger partial charge in [0.15, 0.2) is 0 Å². The summed E-state index contributed by atoms with van der Waals surface area (Å²) in [6, 6.07) is 4.88. The molecular weight excluding hydrogens is 504 g/mol. The number of piperazine rings is 1. The highest BCUT2D eigenvalue weighted by Crippen LogP contribution is 2.57. The average Bonchev–Trinajstić information content (AvgIpc) is 3.46. The van der Waals surface area contributed by atoms with E-state index in [-0.39, 0.29) is 18.1 Å². The van der Waals surface area contributed by atoms with E-state index in [1.165, 1.54) is 28.6 Å². The predicted octanol–water partition coefficient (Wildman–Crippen LogP) is 2.56. The Morgan fingerprint density at radius 2 is 1.85 bits per heavy atom. The van der Waals surface area contributed by atoms with Gasteiger partial charge in [0.05, 0.1) is 17.5 Å². The second kappa shape index (κ2) is 10.5. The van der Waals surface area contributed by atoms with Crippen LogP contribution in [0.5, 0.6) is 0 Å². The summed E-state index contributed by atoms with van der Waals surface area (Å²) < 4.78 is 49.0. The maximum Gasteiger partial charge on any atom is 0.409 e. The number of aliphatic hydroxyl groups excluding tert-OH is 1. The number of β-amino-alcohol motifs (C(OH)–C–C–N with tert-alkyl or cyclic N) is 1. The molecule has 1 aliphatic carbocycles. The normalized spacial score (nSPS) is 30.8. The molecule has 2 heterocycles. The zero-order valence-electron chi connectivity index (χ0n) is 19.0. The highest BCUT2D eigenvalue weighted by molar-refractivity contribution is 7.89. The minimum atomic E-state index is -3.96. The quantitative estimate of drug-likeness (QED) is 0.540. The molecule has 0 aromatic heterocycles. The van der Waals surface area contributed by atoms with Gasteiger partial charge in [-0.2, -0.15) is 4.31 Å². The van der Waals surface area contributed by atoms with E-state index >= 15 is 0 Å². The maximum absolute atomic E-state index is 14.6. The number of aliphatic hydroxyl groups is 1. The van der Waals surface area contributed by atoms with Crippen LogP contribution in [0.2, 0.25) is 5.02 Å². The number of carbonyl (C=O) groups excluding carboxylic acids is 1. The summed E-state index contributed by atoms with van der Waals surface area (Å²) in [7, 11) is -1.74. The summed E-state index contributed by atoms with van der Waals surface area (Å²) in [5.41, 5.74) is 0. The predicted molar refractivity (Wildman–Crippen MR) is 130 cm³/mol. The third-order valence-electron chi connectivity index (χ3n) is 7.01. The summed E-state index contributed by atoms with van der Waals surface area (Å²) >= 11 is 5.95. The number of nitrogens with zero attached hydrogens (tertiary/aromatic N) is 3. The molecule has 2 saturated heterocycles. The highest BCUT2D eigenvalue weighted by Gasteiger charge is 2.59. The molecule has 5 atom stereocenters. The molecule has 3 fully saturated rings. The van der Waals surface area contributed by atoms with Gasteiger partial charge in [0.2, 0.25) is 10.0 Å². The maximum atomic E-state index is 14.6. The summed E-state index contributed by atoms with van der Waals surface area (Å²) in [6.07, 6.45) is 1.64. The molecule has 0 radical (unpaired) electrons. The van der Waals surface area contributed by atoms with Gasteiger partial charge in [0, 0.05) is 49.7 Å². The van der Waals surface area contributed by atoms with Gasteiger partial charge in [0.25, 0.3) is 0 Å². The van der Waals surface area contributed by atoms with E-state index in [1.807, 2.05) is 0 Å². The van der Waals surface area contributed by atoms with E-state index < -0.39 is 39.5 Å². The summed E-state index contributed by atoms with van der Waals surface area (Å²) in [5, 5.41) is 8.03. The molecule has 3 aliphatic rings. The van der Waals surface area contributed by atoms with Crippen molar-refractivity contribution in [3.8, 4) is 0 Å². The van der Waals surface area contributed by atoms with Crippen LogP contribution < -0.4 is 0 Å². The fourth-order valence-corrected chi connectivity index (χ4v) is 7.51. The molecule has 2 aliphatic heterocycles. The second-order valence-electron chi connectivity index (χ2n) is 9.31. The van der Waals surface area contributed by atoms with E-state index in [0.29, 0.717) is 57.0 Å². The molecule has 5 unspecified atom stereocenters. The van der Waals surface area contributed by atoms with Gasteiger partial charge in [-0.1, -0.05) is 27.3 Å². The van der Waals surface area contributed by atoms with Crippen molar-refractivity contribution in [1.29, 1.82) is 0 Å². The van der Waals surface area contributed by atoms with E-state index in [4.69, 9.17) is 21.4 Å². The zero-order chi connectivity index (χ0) is 24.5. The number of halogens is 2. The van der Waals surface area contributed by atoms with Crippen molar-refractivity contribution in [2.45, 2.75) is 48.1 Å². The molecule has 12 heteroatoms. The number of benzene rings is 1. The first-order valence-corrected chi connectivity index (χ1v) is 14.0. The standard InChI is InChI=1S/C22H32ClFN3O5PS/c23-16-4-6-18(7-5-16)34(30,31)27-17(2-1-3-20(27)19-14-22(19,24)33)15-32-21(29)26-10-8-25(9-11-26)12-13-28/h4-7,17,19-20,28H,1-3,8-15,33H2. The molecule has 4 rings (SSSR count). The molecule has 0 bridgehead atoms. The molecule has 190 valence electrons. The monoisotopic (exact) mass is 535 g/mol. The molecule has 34 heavy (non-hydrogen) atoms. The molecule has 1 aromatic rings. The Labute approximate surface area is 207 Å². The van der Waals surface area contributed by atoms with Gasteiger partial charge in [-0.15, -0.1) is 0 Å². The molecule has 1 N–H and O–H groups in total. The minimum absolute atomic E-state index is 0.0721. The Morgan fingerprint density at radius 3 is 2.44 bits per heavy atom. The Morgan fingerprint density at radius 1 is 1.21 bits per heavy atom. The second-order valence-corrected chi connectivity index (χ2v) is 12.5.